The van der Waals surface area contributed by atoms with Crippen LogP contribution < -0.4 is 9.80 Å². The Morgan fingerprint density at radius 3 is 2.50 bits per heavy atom. The number of thiazole rings is 1. The van der Waals surface area contributed by atoms with Gasteiger partial charge in [-0.1, -0.05) is 17.7 Å². The number of hydrogen-bond donors (Lipinski definition) is 0. The van der Waals surface area contributed by atoms with Crippen LogP contribution in [-0.2, 0) is 5.88 Å². The second-order valence-corrected chi connectivity index (χ2v) is 6.26. The molecule has 0 aliphatic carbocycles. The number of hydrogen-bond acceptors (Lipinski definition) is 4. The van der Waals surface area contributed by atoms with Crippen molar-refractivity contribution in [2.24, 2.45) is 0 Å². The highest BCUT2D eigenvalue weighted by Crippen LogP contribution is 2.29. The zero-order valence-corrected chi connectivity index (χ0v) is 13.3. The maximum atomic E-state index is 6.35. The summed E-state index contributed by atoms with van der Waals surface area (Å²) < 4.78 is 0. The quantitative estimate of drug-likeness (QED) is 0.798. The Bertz CT molecular complexity index is 566. The zero-order valence-electron chi connectivity index (χ0n) is 10.9. The van der Waals surface area contributed by atoms with Crippen molar-refractivity contribution in [1.82, 2.24) is 4.98 Å². The Morgan fingerprint density at radius 2 is 1.90 bits per heavy atom. The maximum absolute atomic E-state index is 6.35. The molecule has 106 valence electrons. The van der Waals surface area contributed by atoms with E-state index in [9.17, 15) is 0 Å². The average molecular weight is 328 g/mol. The number of nitrogens with zero attached hydrogens (tertiary/aromatic N) is 3. The molecule has 6 heteroatoms. The van der Waals surface area contributed by atoms with Gasteiger partial charge in [0.15, 0.2) is 5.13 Å². The fraction of sp³-hybridized carbons (Fsp3) is 0.357. The van der Waals surface area contributed by atoms with E-state index in [1.54, 1.807) is 11.3 Å². The highest BCUT2D eigenvalue weighted by Gasteiger charge is 2.20. The van der Waals surface area contributed by atoms with Gasteiger partial charge in [-0.05, 0) is 17.7 Å². The lowest BCUT2D eigenvalue weighted by Gasteiger charge is -2.36. The number of halogens is 2. The summed E-state index contributed by atoms with van der Waals surface area (Å²) >= 11 is 13.9. The van der Waals surface area contributed by atoms with Gasteiger partial charge in [0, 0.05) is 43.6 Å². The van der Waals surface area contributed by atoms with Crippen LogP contribution in [0.15, 0.2) is 29.8 Å². The van der Waals surface area contributed by atoms with Crippen LogP contribution in [0.1, 0.15) is 5.56 Å². The molecule has 1 fully saturated rings. The van der Waals surface area contributed by atoms with E-state index >= 15 is 0 Å². The Labute approximate surface area is 132 Å². The van der Waals surface area contributed by atoms with Gasteiger partial charge in [-0.25, -0.2) is 4.98 Å². The van der Waals surface area contributed by atoms with Crippen LogP contribution in [0.3, 0.4) is 0 Å². The van der Waals surface area contributed by atoms with E-state index in [2.05, 4.69) is 20.9 Å². The first-order chi connectivity index (χ1) is 9.78. The van der Waals surface area contributed by atoms with Crippen molar-refractivity contribution >= 4 is 45.4 Å². The first-order valence-corrected chi connectivity index (χ1v) is 8.31. The Morgan fingerprint density at radius 1 is 1.15 bits per heavy atom. The third-order valence-electron chi connectivity index (χ3n) is 3.48. The standard InChI is InChI=1S/C14H15Cl2N3S/c15-10-11-1-2-13(12(16)9-11)18-4-6-19(7-5-18)14-17-3-8-20-14/h1-3,8-9H,4-7,10H2. The molecule has 0 unspecified atom stereocenters. The number of piperazine rings is 1. The predicted molar refractivity (Wildman–Crippen MR) is 87.5 cm³/mol. The highest BCUT2D eigenvalue weighted by atomic mass is 35.5. The van der Waals surface area contributed by atoms with Gasteiger partial charge in [-0.15, -0.1) is 22.9 Å². The lowest BCUT2D eigenvalue weighted by atomic mass is 10.2. The molecular formula is C14H15Cl2N3S. The van der Waals surface area contributed by atoms with Crippen molar-refractivity contribution in [2.45, 2.75) is 5.88 Å². The molecule has 1 aliphatic rings. The molecule has 1 saturated heterocycles. The molecule has 0 N–H and O–H groups in total. The van der Waals surface area contributed by atoms with Gasteiger partial charge in [-0.2, -0.15) is 0 Å². The summed E-state index contributed by atoms with van der Waals surface area (Å²) in [6, 6.07) is 6.07. The van der Waals surface area contributed by atoms with Crippen LogP contribution in [0.5, 0.6) is 0 Å². The third-order valence-corrected chi connectivity index (χ3v) is 4.92. The molecule has 0 saturated carbocycles. The molecule has 1 aromatic heterocycles. The molecule has 2 heterocycles. The van der Waals surface area contributed by atoms with Crippen molar-refractivity contribution < 1.29 is 0 Å². The fourth-order valence-corrected chi connectivity index (χ4v) is 3.59. The average Bonchev–Trinajstić information content (AvgIpc) is 3.01. The molecule has 0 atom stereocenters. The number of aromatic nitrogens is 1. The fourth-order valence-electron chi connectivity index (χ4n) is 2.40. The van der Waals surface area contributed by atoms with Crippen molar-refractivity contribution in [2.75, 3.05) is 36.0 Å². The predicted octanol–water partition coefficient (Wildman–Crippen LogP) is 3.86. The SMILES string of the molecule is ClCc1ccc(N2CCN(c3nccs3)CC2)c(Cl)c1. The smallest absolute Gasteiger partial charge is 0.185 e. The van der Waals surface area contributed by atoms with Crippen LogP contribution in [-0.4, -0.2) is 31.2 Å². The molecule has 0 amide bonds. The summed E-state index contributed by atoms with van der Waals surface area (Å²) in [7, 11) is 0. The van der Waals surface area contributed by atoms with Crippen molar-refractivity contribution in [3.63, 3.8) is 0 Å². The van der Waals surface area contributed by atoms with Gasteiger partial charge in [-0.3, -0.25) is 0 Å². The van der Waals surface area contributed by atoms with Gasteiger partial charge in [0.2, 0.25) is 0 Å². The molecule has 0 radical (unpaired) electrons. The highest BCUT2D eigenvalue weighted by molar-refractivity contribution is 7.13. The first-order valence-electron chi connectivity index (χ1n) is 6.51. The van der Waals surface area contributed by atoms with Crippen LogP contribution in [0, 0.1) is 0 Å². The van der Waals surface area contributed by atoms with Gasteiger partial charge < -0.3 is 9.80 Å². The minimum Gasteiger partial charge on any atom is -0.367 e. The topological polar surface area (TPSA) is 19.4 Å². The largest absolute Gasteiger partial charge is 0.367 e. The summed E-state index contributed by atoms with van der Waals surface area (Å²) in [6.45, 7) is 3.86. The first kappa shape index (κ1) is 14.0. The Kier molecular flexibility index (Phi) is 4.34. The molecule has 3 nitrogen and oxygen atoms in total. The van der Waals surface area contributed by atoms with Crippen molar-refractivity contribution in [3.05, 3.63) is 40.4 Å². The second kappa shape index (κ2) is 6.20. The molecule has 0 spiro atoms. The molecular weight excluding hydrogens is 313 g/mol. The number of anilines is 2. The zero-order chi connectivity index (χ0) is 13.9. The monoisotopic (exact) mass is 327 g/mol. The molecule has 0 bridgehead atoms. The van der Waals surface area contributed by atoms with Crippen LogP contribution in [0.4, 0.5) is 10.8 Å². The Hall–Kier alpha value is -0.970. The minimum absolute atomic E-state index is 0.498. The van der Waals surface area contributed by atoms with E-state index in [4.69, 9.17) is 23.2 Å². The molecule has 1 aromatic carbocycles. The van der Waals surface area contributed by atoms with Crippen LogP contribution in [0.25, 0.3) is 0 Å². The van der Waals surface area contributed by atoms with E-state index in [1.165, 1.54) is 0 Å². The molecule has 1 aliphatic heterocycles. The number of alkyl halides is 1. The summed E-state index contributed by atoms with van der Waals surface area (Å²) in [5, 5.41) is 3.91. The molecule has 20 heavy (non-hydrogen) atoms. The molecule has 2 aromatic rings. The third kappa shape index (κ3) is 2.87. The van der Waals surface area contributed by atoms with E-state index < -0.39 is 0 Å². The van der Waals surface area contributed by atoms with Gasteiger partial charge in [0.1, 0.15) is 0 Å². The van der Waals surface area contributed by atoms with Crippen LogP contribution in [0.2, 0.25) is 5.02 Å². The van der Waals surface area contributed by atoms with Crippen LogP contribution >= 0.6 is 34.5 Å². The van der Waals surface area contributed by atoms with E-state index in [0.29, 0.717) is 5.88 Å². The minimum atomic E-state index is 0.498. The van der Waals surface area contributed by atoms with Gasteiger partial charge >= 0.3 is 0 Å². The normalized spacial score (nSPS) is 15.7. The lowest BCUT2D eigenvalue weighted by Crippen LogP contribution is -2.46. The van der Waals surface area contributed by atoms with E-state index in [1.807, 2.05) is 23.7 Å². The summed E-state index contributed by atoms with van der Waals surface area (Å²) in [4.78, 5) is 9.01. The van der Waals surface area contributed by atoms with Gasteiger partial charge in [0.05, 0.1) is 10.7 Å². The lowest BCUT2D eigenvalue weighted by molar-refractivity contribution is 0.652. The van der Waals surface area contributed by atoms with Crippen molar-refractivity contribution in [3.8, 4) is 0 Å². The summed E-state index contributed by atoms with van der Waals surface area (Å²) in [5.74, 6) is 0.498. The number of rotatable bonds is 3. The van der Waals surface area contributed by atoms with E-state index in [-0.39, 0.29) is 0 Å². The van der Waals surface area contributed by atoms with E-state index in [0.717, 1.165) is 47.6 Å². The summed E-state index contributed by atoms with van der Waals surface area (Å²) in [5.41, 5.74) is 2.15. The summed E-state index contributed by atoms with van der Waals surface area (Å²) in [6.07, 6.45) is 1.86. The van der Waals surface area contributed by atoms with Crippen molar-refractivity contribution in [1.29, 1.82) is 0 Å². The van der Waals surface area contributed by atoms with Gasteiger partial charge in [0.25, 0.3) is 0 Å². The number of benzene rings is 1. The second-order valence-electron chi connectivity index (χ2n) is 4.71. The molecule has 3 rings (SSSR count). The Balaban J connectivity index is 1.69. The maximum Gasteiger partial charge on any atom is 0.185 e.